The van der Waals surface area contributed by atoms with Crippen molar-refractivity contribution in [2.24, 2.45) is 0 Å². The molecule has 1 aromatic rings. The minimum atomic E-state index is -0.287. The van der Waals surface area contributed by atoms with Crippen molar-refractivity contribution in [1.29, 1.82) is 0 Å². The molecule has 5 heteroatoms. The van der Waals surface area contributed by atoms with Crippen LogP contribution in [0.15, 0.2) is 22.7 Å². The molecule has 1 saturated heterocycles. The van der Waals surface area contributed by atoms with Gasteiger partial charge in [0.15, 0.2) is 0 Å². The topological polar surface area (TPSA) is 58.7 Å². The molecule has 1 aromatic carbocycles. The van der Waals surface area contributed by atoms with Gasteiger partial charge in [-0.25, -0.2) is 0 Å². The number of benzene rings is 1. The average Bonchev–Trinajstić information content (AvgIpc) is 2.26. The lowest BCUT2D eigenvalue weighted by atomic mass is 10.0. The number of rotatable bonds is 2. The lowest BCUT2D eigenvalue weighted by Crippen LogP contribution is -2.54. The smallest absolute Gasteiger partial charge is 0.0988 e. The van der Waals surface area contributed by atoms with Crippen molar-refractivity contribution in [3.63, 3.8) is 0 Å². The third-order valence-corrected chi connectivity index (χ3v) is 3.51. The summed E-state index contributed by atoms with van der Waals surface area (Å²) in [5.74, 6) is 0. The number of nitrogens with zero attached hydrogens (tertiary/aromatic N) is 1. The maximum atomic E-state index is 9.31. The van der Waals surface area contributed by atoms with Crippen molar-refractivity contribution >= 4 is 27.3 Å². The molecular weight excluding hydrogens is 296 g/mol. The molecule has 1 heterocycles. The third-order valence-electron chi connectivity index (χ3n) is 3.02. The van der Waals surface area contributed by atoms with Gasteiger partial charge in [-0.2, -0.15) is 0 Å². The van der Waals surface area contributed by atoms with Crippen LogP contribution >= 0.6 is 15.9 Å². The minimum absolute atomic E-state index is 0.0242. The molecule has 2 rings (SSSR count). The van der Waals surface area contributed by atoms with Crippen LogP contribution in [0.25, 0.3) is 0 Å². The van der Waals surface area contributed by atoms with Gasteiger partial charge in [0.05, 0.1) is 29.7 Å². The van der Waals surface area contributed by atoms with E-state index in [9.17, 15) is 5.11 Å². The quantitative estimate of drug-likeness (QED) is 0.820. The molecule has 0 aliphatic carbocycles. The molecule has 3 N–H and O–H groups in total. The van der Waals surface area contributed by atoms with Gasteiger partial charge in [-0.1, -0.05) is 15.9 Å². The number of hydrogen-bond acceptors (Lipinski definition) is 4. The van der Waals surface area contributed by atoms with Crippen LogP contribution < -0.4 is 10.6 Å². The molecule has 1 aliphatic rings. The molecule has 18 heavy (non-hydrogen) atoms. The Hall–Kier alpha value is -0.780. The first kappa shape index (κ1) is 13.6. The fraction of sp³-hybridized carbons (Fsp3) is 0.538. The Morgan fingerprint density at radius 2 is 2.28 bits per heavy atom. The summed E-state index contributed by atoms with van der Waals surface area (Å²) in [5.41, 5.74) is 7.49. The van der Waals surface area contributed by atoms with Crippen molar-refractivity contribution in [2.45, 2.75) is 25.6 Å². The summed E-state index contributed by atoms with van der Waals surface area (Å²) in [5, 5.41) is 9.31. The summed E-state index contributed by atoms with van der Waals surface area (Å²) in [6.45, 7) is 5.49. The summed E-state index contributed by atoms with van der Waals surface area (Å²) < 4.78 is 6.76. The Labute approximate surface area is 116 Å². The van der Waals surface area contributed by atoms with E-state index < -0.39 is 0 Å². The highest BCUT2D eigenvalue weighted by Gasteiger charge is 2.33. The van der Waals surface area contributed by atoms with E-state index in [1.807, 2.05) is 32.0 Å². The third kappa shape index (κ3) is 2.96. The van der Waals surface area contributed by atoms with Gasteiger partial charge in [0, 0.05) is 17.6 Å². The number of morpholine rings is 1. The minimum Gasteiger partial charge on any atom is -0.397 e. The number of halogens is 1. The highest BCUT2D eigenvalue weighted by Crippen LogP contribution is 2.31. The van der Waals surface area contributed by atoms with Gasteiger partial charge >= 0.3 is 0 Å². The fourth-order valence-corrected chi connectivity index (χ4v) is 2.77. The van der Waals surface area contributed by atoms with Gasteiger partial charge in [0.25, 0.3) is 0 Å². The second-order valence-corrected chi connectivity index (χ2v) is 6.18. The van der Waals surface area contributed by atoms with Gasteiger partial charge in [0.1, 0.15) is 0 Å². The molecule has 0 spiro atoms. The lowest BCUT2D eigenvalue weighted by molar-refractivity contribution is -0.100. The highest BCUT2D eigenvalue weighted by molar-refractivity contribution is 9.10. The Morgan fingerprint density at radius 3 is 2.89 bits per heavy atom. The zero-order valence-corrected chi connectivity index (χ0v) is 12.3. The van der Waals surface area contributed by atoms with Gasteiger partial charge in [-0.15, -0.1) is 0 Å². The van der Waals surface area contributed by atoms with E-state index in [0.29, 0.717) is 6.54 Å². The van der Waals surface area contributed by atoms with Crippen molar-refractivity contribution in [3.8, 4) is 0 Å². The molecule has 0 aromatic heterocycles. The maximum absolute atomic E-state index is 9.31. The van der Waals surface area contributed by atoms with Crippen LogP contribution in [-0.4, -0.2) is 36.5 Å². The van der Waals surface area contributed by atoms with Gasteiger partial charge in [-0.3, -0.25) is 0 Å². The molecule has 0 radical (unpaired) electrons. The van der Waals surface area contributed by atoms with E-state index in [-0.39, 0.29) is 18.3 Å². The number of ether oxygens (including phenoxy) is 1. The summed E-state index contributed by atoms with van der Waals surface area (Å²) in [7, 11) is 0. The molecule has 0 amide bonds. The normalized spacial score (nSPS) is 23.1. The van der Waals surface area contributed by atoms with Crippen LogP contribution in [-0.2, 0) is 4.74 Å². The number of nitrogens with two attached hydrogens (primary N) is 1. The molecule has 1 atom stereocenters. The van der Waals surface area contributed by atoms with E-state index in [4.69, 9.17) is 10.5 Å². The molecule has 1 fully saturated rings. The zero-order chi connectivity index (χ0) is 13.3. The SMILES string of the molecule is CC1(C)CN(c2ccc(Br)cc2N)CC(CO)O1. The Kier molecular flexibility index (Phi) is 3.84. The average molecular weight is 315 g/mol. The molecular formula is C13H19BrN2O2. The van der Waals surface area contributed by atoms with E-state index in [0.717, 1.165) is 22.4 Å². The van der Waals surface area contributed by atoms with E-state index in [1.54, 1.807) is 0 Å². The van der Waals surface area contributed by atoms with E-state index in [1.165, 1.54) is 0 Å². The van der Waals surface area contributed by atoms with Crippen molar-refractivity contribution in [2.75, 3.05) is 30.3 Å². The van der Waals surface area contributed by atoms with Gasteiger partial charge in [0.2, 0.25) is 0 Å². The maximum Gasteiger partial charge on any atom is 0.0988 e. The molecule has 0 saturated carbocycles. The highest BCUT2D eigenvalue weighted by atomic mass is 79.9. The molecule has 4 nitrogen and oxygen atoms in total. The second-order valence-electron chi connectivity index (χ2n) is 5.27. The van der Waals surface area contributed by atoms with Crippen LogP contribution in [0.2, 0.25) is 0 Å². The predicted molar refractivity (Wildman–Crippen MR) is 76.8 cm³/mol. The fourth-order valence-electron chi connectivity index (χ4n) is 2.39. The molecule has 1 aliphatic heterocycles. The summed E-state index contributed by atoms with van der Waals surface area (Å²) in [6, 6.07) is 5.86. The van der Waals surface area contributed by atoms with Crippen LogP contribution in [0, 0.1) is 0 Å². The van der Waals surface area contributed by atoms with Crippen molar-refractivity contribution < 1.29 is 9.84 Å². The monoisotopic (exact) mass is 314 g/mol. The summed E-state index contributed by atoms with van der Waals surface area (Å²) in [4.78, 5) is 2.17. The van der Waals surface area contributed by atoms with Crippen LogP contribution in [0.4, 0.5) is 11.4 Å². The van der Waals surface area contributed by atoms with Gasteiger partial charge < -0.3 is 20.5 Å². The van der Waals surface area contributed by atoms with Crippen molar-refractivity contribution in [1.82, 2.24) is 0 Å². The number of hydrogen-bond donors (Lipinski definition) is 2. The summed E-state index contributed by atoms with van der Waals surface area (Å²) >= 11 is 3.41. The molecule has 0 bridgehead atoms. The van der Waals surface area contributed by atoms with Crippen molar-refractivity contribution in [3.05, 3.63) is 22.7 Å². The molecule has 100 valence electrons. The first-order valence-corrected chi connectivity index (χ1v) is 6.79. The van der Waals surface area contributed by atoms with Gasteiger partial charge in [-0.05, 0) is 32.0 Å². The van der Waals surface area contributed by atoms with E-state index in [2.05, 4.69) is 20.8 Å². The molecule has 1 unspecified atom stereocenters. The standard InChI is InChI=1S/C13H19BrN2O2/c1-13(2)8-16(6-10(7-17)18-13)12-4-3-9(14)5-11(12)15/h3-5,10,17H,6-8,15H2,1-2H3. The summed E-state index contributed by atoms with van der Waals surface area (Å²) in [6.07, 6.45) is -0.170. The second kappa shape index (κ2) is 5.07. The lowest BCUT2D eigenvalue weighted by Gasteiger charge is -2.43. The number of anilines is 2. The first-order valence-electron chi connectivity index (χ1n) is 6.00. The van der Waals surface area contributed by atoms with Crippen LogP contribution in [0.1, 0.15) is 13.8 Å². The Bertz CT molecular complexity index is 437. The Morgan fingerprint density at radius 1 is 1.56 bits per heavy atom. The number of aliphatic hydroxyl groups is 1. The number of aliphatic hydroxyl groups excluding tert-OH is 1. The van der Waals surface area contributed by atoms with E-state index >= 15 is 0 Å². The predicted octanol–water partition coefficient (Wildman–Crippen LogP) is 2.01. The zero-order valence-electron chi connectivity index (χ0n) is 10.7. The van der Waals surface area contributed by atoms with Crippen LogP contribution in [0.5, 0.6) is 0 Å². The number of nitrogen functional groups attached to an aromatic ring is 1. The largest absolute Gasteiger partial charge is 0.397 e. The van der Waals surface area contributed by atoms with Crippen LogP contribution in [0.3, 0.4) is 0 Å². The first-order chi connectivity index (χ1) is 8.41. The Balaban J connectivity index is 2.26.